The Bertz CT molecular complexity index is 967. The number of anilines is 1. The molecule has 164 valence electrons. The Kier molecular flexibility index (Phi) is 6.05. The molecule has 31 heavy (non-hydrogen) atoms. The normalized spacial score (nSPS) is 18.7. The maximum absolute atomic E-state index is 13.5. The lowest BCUT2D eigenvalue weighted by atomic mass is 9.86. The highest BCUT2D eigenvalue weighted by atomic mass is 16.6. The lowest BCUT2D eigenvalue weighted by Gasteiger charge is -2.29. The van der Waals surface area contributed by atoms with E-state index in [-0.39, 0.29) is 17.4 Å². The average molecular weight is 421 g/mol. The van der Waals surface area contributed by atoms with Crippen LogP contribution in [0.4, 0.5) is 5.69 Å². The number of allylic oxidation sites excluding steroid dienone is 1. The van der Waals surface area contributed by atoms with E-state index in [0.717, 1.165) is 42.1 Å². The van der Waals surface area contributed by atoms with E-state index >= 15 is 0 Å². The van der Waals surface area contributed by atoms with Gasteiger partial charge in [-0.1, -0.05) is 45.0 Å². The quantitative estimate of drug-likeness (QED) is 0.737. The van der Waals surface area contributed by atoms with Gasteiger partial charge in [-0.25, -0.2) is 0 Å². The first kappa shape index (κ1) is 21.4. The molecule has 2 aliphatic heterocycles. The maximum Gasteiger partial charge on any atom is 0.251 e. The van der Waals surface area contributed by atoms with E-state index in [2.05, 4.69) is 50.4 Å². The molecule has 1 N–H and O–H groups in total. The second-order valence-corrected chi connectivity index (χ2v) is 9.34. The molecule has 0 aromatic heterocycles. The van der Waals surface area contributed by atoms with Crippen LogP contribution in [0, 0.1) is 0 Å². The van der Waals surface area contributed by atoms with Crippen molar-refractivity contribution in [3.05, 3.63) is 59.7 Å². The predicted molar refractivity (Wildman–Crippen MR) is 125 cm³/mol. The number of nitrogens with one attached hydrogen (secondary N) is 1. The number of fused-ring (bicyclic) bond motifs is 1. The van der Waals surface area contributed by atoms with Crippen molar-refractivity contribution in [2.45, 2.75) is 45.6 Å². The van der Waals surface area contributed by atoms with Crippen LogP contribution >= 0.6 is 0 Å². The summed E-state index contributed by atoms with van der Waals surface area (Å²) in [5.74, 6) is 1.42. The van der Waals surface area contributed by atoms with Crippen LogP contribution in [0.2, 0.25) is 0 Å². The molecule has 2 heterocycles. The fraction of sp³-hybridized carbons (Fsp3) is 0.423. The van der Waals surface area contributed by atoms with Crippen LogP contribution in [0.1, 0.15) is 45.2 Å². The minimum Gasteiger partial charge on any atom is -0.486 e. The summed E-state index contributed by atoms with van der Waals surface area (Å²) >= 11 is 0. The second kappa shape index (κ2) is 8.75. The summed E-state index contributed by atoms with van der Waals surface area (Å²) in [6.45, 7) is 11.4. The Labute approximate surface area is 185 Å². The van der Waals surface area contributed by atoms with E-state index in [1.54, 1.807) is 6.08 Å². The van der Waals surface area contributed by atoms with Gasteiger partial charge < -0.3 is 19.7 Å². The Morgan fingerprint density at radius 3 is 2.42 bits per heavy atom. The molecule has 0 bridgehead atoms. The van der Waals surface area contributed by atoms with Crippen LogP contribution < -0.4 is 19.7 Å². The van der Waals surface area contributed by atoms with Crippen molar-refractivity contribution in [3.63, 3.8) is 0 Å². The molecule has 4 rings (SSSR count). The highest BCUT2D eigenvalue weighted by Gasteiger charge is 2.28. The topological polar surface area (TPSA) is 50.8 Å². The Morgan fingerprint density at radius 1 is 1.06 bits per heavy atom. The van der Waals surface area contributed by atoms with Gasteiger partial charge in [-0.2, -0.15) is 0 Å². The molecular formula is C26H32N2O3. The minimum absolute atomic E-state index is 0.0113. The van der Waals surface area contributed by atoms with Gasteiger partial charge in [0.15, 0.2) is 11.5 Å². The van der Waals surface area contributed by atoms with E-state index in [0.29, 0.717) is 19.0 Å². The Hall–Kier alpha value is -2.79. The van der Waals surface area contributed by atoms with E-state index in [4.69, 9.17) is 9.47 Å². The summed E-state index contributed by atoms with van der Waals surface area (Å²) < 4.78 is 11.4. The Morgan fingerprint density at radius 2 is 1.77 bits per heavy atom. The molecular weight excluding hydrogens is 388 g/mol. The first-order valence-corrected chi connectivity index (χ1v) is 11.1. The highest BCUT2D eigenvalue weighted by Crippen LogP contribution is 2.35. The largest absolute Gasteiger partial charge is 0.486 e. The summed E-state index contributed by atoms with van der Waals surface area (Å²) in [6.07, 6.45) is 2.68. The van der Waals surface area contributed by atoms with Crippen LogP contribution in [0.5, 0.6) is 11.5 Å². The monoisotopic (exact) mass is 420 g/mol. The standard InChI is InChI=1S/C26H32N2O3/c1-18(19-5-7-20(8-6-19)26(2,3)4)15-25(29)28(22-11-12-27-17-22)21-9-10-23-24(16-21)31-14-13-30-23/h5-10,15-16,22,27H,11-14,17H2,1-4H3. The molecule has 2 aromatic rings. The van der Waals surface area contributed by atoms with Gasteiger partial charge in [-0.3, -0.25) is 4.79 Å². The molecule has 1 saturated heterocycles. The Balaban J connectivity index is 1.62. The van der Waals surface area contributed by atoms with Crippen LogP contribution in [-0.2, 0) is 10.2 Å². The van der Waals surface area contributed by atoms with Gasteiger partial charge in [-0.15, -0.1) is 0 Å². The number of benzene rings is 2. The summed E-state index contributed by atoms with van der Waals surface area (Å²) in [5.41, 5.74) is 4.25. The van der Waals surface area contributed by atoms with Crippen molar-refractivity contribution in [3.8, 4) is 11.5 Å². The molecule has 0 aliphatic carbocycles. The zero-order valence-electron chi connectivity index (χ0n) is 18.9. The smallest absolute Gasteiger partial charge is 0.251 e. The molecule has 1 atom stereocenters. The van der Waals surface area contributed by atoms with Crippen molar-refractivity contribution in [2.24, 2.45) is 0 Å². The van der Waals surface area contributed by atoms with Crippen molar-refractivity contribution >= 4 is 17.2 Å². The maximum atomic E-state index is 13.5. The molecule has 0 saturated carbocycles. The number of amides is 1. The van der Waals surface area contributed by atoms with E-state index in [1.165, 1.54) is 5.56 Å². The van der Waals surface area contributed by atoms with Gasteiger partial charge in [0.2, 0.25) is 0 Å². The summed E-state index contributed by atoms with van der Waals surface area (Å²) in [5, 5.41) is 3.37. The number of nitrogens with zero attached hydrogens (tertiary/aromatic N) is 1. The molecule has 1 unspecified atom stereocenters. The number of hydrogen-bond donors (Lipinski definition) is 1. The van der Waals surface area contributed by atoms with Gasteiger partial charge in [0.1, 0.15) is 13.2 Å². The van der Waals surface area contributed by atoms with Crippen molar-refractivity contribution in [1.29, 1.82) is 0 Å². The lowest BCUT2D eigenvalue weighted by Crippen LogP contribution is -2.41. The average Bonchev–Trinajstić information content (AvgIpc) is 3.27. The minimum atomic E-state index is -0.0113. The van der Waals surface area contributed by atoms with Gasteiger partial charge >= 0.3 is 0 Å². The predicted octanol–water partition coefficient (Wildman–Crippen LogP) is 4.55. The number of hydrogen-bond acceptors (Lipinski definition) is 4. The van der Waals surface area contributed by atoms with E-state index in [9.17, 15) is 4.79 Å². The molecule has 5 heteroatoms. The number of ether oxygens (including phenoxy) is 2. The third-order valence-electron chi connectivity index (χ3n) is 5.99. The van der Waals surface area contributed by atoms with Crippen LogP contribution in [0.15, 0.2) is 48.5 Å². The van der Waals surface area contributed by atoms with Crippen molar-refractivity contribution in [2.75, 3.05) is 31.2 Å². The van der Waals surface area contributed by atoms with Crippen molar-refractivity contribution in [1.82, 2.24) is 5.32 Å². The summed E-state index contributed by atoms with van der Waals surface area (Å²) in [7, 11) is 0. The van der Waals surface area contributed by atoms with Gasteiger partial charge in [-0.05, 0) is 54.1 Å². The summed E-state index contributed by atoms with van der Waals surface area (Å²) in [4.78, 5) is 15.4. The van der Waals surface area contributed by atoms with Crippen LogP contribution in [0.3, 0.4) is 0 Å². The summed E-state index contributed by atoms with van der Waals surface area (Å²) in [6, 6.07) is 14.4. The fourth-order valence-electron chi connectivity index (χ4n) is 4.13. The van der Waals surface area contributed by atoms with E-state index < -0.39 is 0 Å². The molecule has 0 radical (unpaired) electrons. The molecule has 1 fully saturated rings. The molecule has 0 spiro atoms. The van der Waals surface area contributed by atoms with Crippen LogP contribution in [-0.4, -0.2) is 38.3 Å². The number of carbonyl (C=O) groups is 1. The third kappa shape index (κ3) is 4.77. The first-order chi connectivity index (χ1) is 14.8. The second-order valence-electron chi connectivity index (χ2n) is 9.34. The first-order valence-electron chi connectivity index (χ1n) is 11.1. The lowest BCUT2D eigenvalue weighted by molar-refractivity contribution is -0.114. The number of carbonyl (C=O) groups excluding carboxylic acids is 1. The SMILES string of the molecule is CC(=CC(=O)N(c1ccc2c(c1)OCCO2)C1CCNC1)c1ccc(C(C)(C)C)cc1. The van der Waals surface area contributed by atoms with E-state index in [1.807, 2.05) is 30.0 Å². The highest BCUT2D eigenvalue weighted by molar-refractivity contribution is 6.06. The number of rotatable bonds is 4. The molecule has 2 aromatic carbocycles. The third-order valence-corrected chi connectivity index (χ3v) is 5.99. The van der Waals surface area contributed by atoms with Crippen LogP contribution in [0.25, 0.3) is 5.57 Å². The van der Waals surface area contributed by atoms with Gasteiger partial charge in [0, 0.05) is 24.4 Å². The molecule has 2 aliphatic rings. The van der Waals surface area contributed by atoms with Gasteiger partial charge in [0.05, 0.1) is 6.04 Å². The zero-order valence-corrected chi connectivity index (χ0v) is 18.9. The fourth-order valence-corrected chi connectivity index (χ4v) is 4.13. The van der Waals surface area contributed by atoms with Gasteiger partial charge in [0.25, 0.3) is 5.91 Å². The molecule has 1 amide bonds. The van der Waals surface area contributed by atoms with Crippen molar-refractivity contribution < 1.29 is 14.3 Å². The zero-order chi connectivity index (χ0) is 22.0. The molecule has 5 nitrogen and oxygen atoms in total.